The third-order valence-corrected chi connectivity index (χ3v) is 7.41. The number of nitrogens with zero attached hydrogens (tertiary/aromatic N) is 3. The lowest BCUT2D eigenvalue weighted by Gasteiger charge is -2.33. The van der Waals surface area contributed by atoms with Gasteiger partial charge in [-0.05, 0) is 42.7 Å². The summed E-state index contributed by atoms with van der Waals surface area (Å²) in [5.41, 5.74) is 4.47. The zero-order valence-electron chi connectivity index (χ0n) is 20.3. The van der Waals surface area contributed by atoms with Gasteiger partial charge in [0.05, 0.1) is 30.6 Å². The molecule has 8 heteroatoms. The summed E-state index contributed by atoms with van der Waals surface area (Å²) < 4.78 is 5.37. The van der Waals surface area contributed by atoms with Gasteiger partial charge in [0.2, 0.25) is 0 Å². The van der Waals surface area contributed by atoms with E-state index in [1.54, 1.807) is 21.9 Å². The van der Waals surface area contributed by atoms with Gasteiger partial charge in [-0.15, -0.1) is 0 Å². The molecule has 186 valence electrons. The zero-order valence-corrected chi connectivity index (χ0v) is 20.3. The number of ether oxygens (including phenoxy) is 1. The largest absolute Gasteiger partial charge is 0.390 e. The van der Waals surface area contributed by atoms with E-state index in [0.717, 1.165) is 25.2 Å². The molecular weight excluding hydrogens is 444 g/mol. The number of aliphatic hydroxyl groups is 1. The molecule has 0 radical (unpaired) electrons. The molecule has 2 aromatic carbocycles. The molecule has 1 fully saturated rings. The molecule has 35 heavy (non-hydrogen) atoms. The van der Waals surface area contributed by atoms with E-state index in [4.69, 9.17) is 4.74 Å². The number of fused-ring (bicyclic) bond motifs is 2. The van der Waals surface area contributed by atoms with Gasteiger partial charge in [-0.2, -0.15) is 0 Å². The first kappa shape index (κ1) is 23.8. The Morgan fingerprint density at radius 1 is 1.09 bits per heavy atom. The summed E-state index contributed by atoms with van der Waals surface area (Å²) in [6.07, 6.45) is 0.0652. The fourth-order valence-corrected chi connectivity index (χ4v) is 5.30. The molecule has 0 saturated carbocycles. The molecule has 5 rings (SSSR count). The topological polar surface area (TPSA) is 85.3 Å². The second kappa shape index (κ2) is 10.4. The second-order valence-electron chi connectivity index (χ2n) is 9.49. The number of rotatable bonds is 5. The van der Waals surface area contributed by atoms with Gasteiger partial charge in [0.1, 0.15) is 0 Å². The molecule has 2 aromatic rings. The molecule has 0 aliphatic carbocycles. The minimum absolute atomic E-state index is 0.0280. The Morgan fingerprint density at radius 3 is 2.60 bits per heavy atom. The molecule has 0 spiro atoms. The van der Waals surface area contributed by atoms with Gasteiger partial charge in [-0.1, -0.05) is 24.3 Å². The van der Waals surface area contributed by atoms with Crippen LogP contribution in [-0.4, -0.2) is 91.3 Å². The summed E-state index contributed by atoms with van der Waals surface area (Å²) >= 11 is 0. The number of nitrogens with one attached hydrogen (secondary N) is 1. The summed E-state index contributed by atoms with van der Waals surface area (Å²) in [6, 6.07) is 13.6. The number of hydrogen-bond acceptors (Lipinski definition) is 6. The first-order chi connectivity index (χ1) is 17.0. The summed E-state index contributed by atoms with van der Waals surface area (Å²) in [6.45, 7) is 7.21. The van der Waals surface area contributed by atoms with E-state index >= 15 is 0 Å². The first-order valence-electron chi connectivity index (χ1n) is 12.6. The molecule has 3 aliphatic heterocycles. The number of aliphatic hydroxyl groups excluding tert-OH is 1. The lowest BCUT2D eigenvalue weighted by Crippen LogP contribution is -2.50. The number of benzene rings is 2. The number of likely N-dealkylation sites (N-methyl/N-ethyl adjacent to an activating group) is 1. The Hall–Kier alpha value is -2.94. The summed E-state index contributed by atoms with van der Waals surface area (Å²) in [5, 5.41) is 14.5. The number of amides is 2. The van der Waals surface area contributed by atoms with Crippen LogP contribution in [0, 0.1) is 0 Å². The van der Waals surface area contributed by atoms with E-state index in [-0.39, 0.29) is 24.4 Å². The minimum atomic E-state index is -0.675. The predicted octanol–water partition coefficient (Wildman–Crippen LogP) is 1.52. The fraction of sp³-hybridized carbons (Fsp3) is 0.481. The van der Waals surface area contributed by atoms with Crippen LogP contribution >= 0.6 is 0 Å². The Kier molecular flexibility index (Phi) is 7.04. The molecule has 1 saturated heterocycles. The predicted molar refractivity (Wildman–Crippen MR) is 134 cm³/mol. The van der Waals surface area contributed by atoms with Crippen molar-refractivity contribution in [2.24, 2.45) is 0 Å². The van der Waals surface area contributed by atoms with Crippen LogP contribution in [0.3, 0.4) is 0 Å². The van der Waals surface area contributed by atoms with Gasteiger partial charge < -0.3 is 29.9 Å². The number of hydrogen-bond donors (Lipinski definition) is 2. The summed E-state index contributed by atoms with van der Waals surface area (Å²) in [4.78, 5) is 32.3. The van der Waals surface area contributed by atoms with Crippen molar-refractivity contribution >= 4 is 17.5 Å². The molecule has 3 aliphatic rings. The molecule has 0 bridgehead atoms. The van der Waals surface area contributed by atoms with Gasteiger partial charge in [-0.25, -0.2) is 0 Å². The van der Waals surface area contributed by atoms with Crippen LogP contribution in [0.4, 0.5) is 5.69 Å². The average molecular weight is 479 g/mol. The monoisotopic (exact) mass is 478 g/mol. The molecular formula is C27H34N4O4. The third-order valence-electron chi connectivity index (χ3n) is 7.41. The Morgan fingerprint density at radius 2 is 1.83 bits per heavy atom. The molecule has 0 aromatic heterocycles. The molecule has 2 atom stereocenters. The number of carbonyl (C=O) groups is 2. The number of anilines is 1. The van der Waals surface area contributed by atoms with Crippen molar-refractivity contribution in [1.82, 2.24) is 15.1 Å². The number of carbonyl (C=O) groups excluding carboxylic acids is 2. The number of β-amino-alcohol motifs (C(OH)–C–C–N with tert-alkyl or cyclic N) is 1. The maximum Gasteiger partial charge on any atom is 0.256 e. The van der Waals surface area contributed by atoms with E-state index in [9.17, 15) is 14.7 Å². The standard InChI is InChI=1S/C27H34N4O4/c1-2-29-9-10-31(18-25(32)23-15-19-5-3-4-6-21(19)17-28-23)27(34)22-8-7-20(16-24(22)29)26(33)30-11-13-35-14-12-30/h3-8,16,23,25,28,32H,2,9-15,17-18H2,1H3/t23-,25?/m0/s1. The molecule has 1 unspecified atom stereocenters. The van der Waals surface area contributed by atoms with Crippen LogP contribution in [0.15, 0.2) is 42.5 Å². The van der Waals surface area contributed by atoms with E-state index in [1.165, 1.54) is 11.1 Å². The highest BCUT2D eigenvalue weighted by atomic mass is 16.5. The molecule has 3 heterocycles. The third kappa shape index (κ3) is 4.91. The molecule has 8 nitrogen and oxygen atoms in total. The SMILES string of the molecule is CCN1CCN(CC(O)[C@@H]2Cc3ccccc3CN2)C(=O)c2ccc(C(=O)N3CCOCC3)cc21. The van der Waals surface area contributed by atoms with E-state index < -0.39 is 6.10 Å². The molecule has 2 amide bonds. The van der Waals surface area contributed by atoms with E-state index in [1.807, 2.05) is 18.2 Å². The quantitative estimate of drug-likeness (QED) is 0.678. The van der Waals surface area contributed by atoms with Crippen LogP contribution in [0.2, 0.25) is 0 Å². The number of morpholine rings is 1. The zero-order chi connectivity index (χ0) is 24.4. The van der Waals surface area contributed by atoms with Crippen LogP contribution < -0.4 is 10.2 Å². The normalized spacial score (nSPS) is 21.3. The highest BCUT2D eigenvalue weighted by Crippen LogP contribution is 2.28. The maximum atomic E-state index is 13.6. The van der Waals surface area contributed by atoms with Crippen LogP contribution in [0.25, 0.3) is 0 Å². The minimum Gasteiger partial charge on any atom is -0.390 e. The van der Waals surface area contributed by atoms with Crippen molar-refractivity contribution in [3.8, 4) is 0 Å². The maximum absolute atomic E-state index is 13.6. The Labute approximate surface area is 206 Å². The van der Waals surface area contributed by atoms with Gasteiger partial charge in [0.25, 0.3) is 11.8 Å². The van der Waals surface area contributed by atoms with Crippen molar-refractivity contribution < 1.29 is 19.4 Å². The lowest BCUT2D eigenvalue weighted by molar-refractivity contribution is 0.0303. The highest BCUT2D eigenvalue weighted by molar-refractivity contribution is 6.03. The van der Waals surface area contributed by atoms with Gasteiger partial charge in [0.15, 0.2) is 0 Å². The summed E-state index contributed by atoms with van der Waals surface area (Å²) in [5.74, 6) is -0.128. The molecule has 2 N–H and O–H groups in total. The first-order valence-corrected chi connectivity index (χ1v) is 12.6. The van der Waals surface area contributed by atoms with Crippen molar-refractivity contribution in [3.05, 3.63) is 64.7 Å². The Bertz CT molecular complexity index is 1080. The highest BCUT2D eigenvalue weighted by Gasteiger charge is 2.32. The van der Waals surface area contributed by atoms with Crippen molar-refractivity contribution in [3.63, 3.8) is 0 Å². The van der Waals surface area contributed by atoms with E-state index in [2.05, 4.69) is 29.3 Å². The smallest absolute Gasteiger partial charge is 0.256 e. The van der Waals surface area contributed by atoms with Crippen LogP contribution in [0.5, 0.6) is 0 Å². The van der Waals surface area contributed by atoms with Crippen molar-refractivity contribution in [2.45, 2.75) is 32.0 Å². The van der Waals surface area contributed by atoms with Crippen molar-refractivity contribution in [1.29, 1.82) is 0 Å². The summed E-state index contributed by atoms with van der Waals surface area (Å²) in [7, 11) is 0. The van der Waals surface area contributed by atoms with Gasteiger partial charge >= 0.3 is 0 Å². The fourth-order valence-electron chi connectivity index (χ4n) is 5.30. The van der Waals surface area contributed by atoms with Gasteiger partial charge in [0, 0.05) is 57.4 Å². The second-order valence-corrected chi connectivity index (χ2v) is 9.49. The van der Waals surface area contributed by atoms with Crippen LogP contribution in [-0.2, 0) is 17.7 Å². The van der Waals surface area contributed by atoms with Crippen LogP contribution in [0.1, 0.15) is 38.8 Å². The van der Waals surface area contributed by atoms with E-state index in [0.29, 0.717) is 50.5 Å². The Balaban J connectivity index is 1.33. The average Bonchev–Trinajstić information content (AvgIpc) is 3.04. The lowest BCUT2D eigenvalue weighted by atomic mass is 9.92. The van der Waals surface area contributed by atoms with Gasteiger partial charge in [-0.3, -0.25) is 9.59 Å². The van der Waals surface area contributed by atoms with Crippen molar-refractivity contribution in [2.75, 3.05) is 57.4 Å².